The summed E-state index contributed by atoms with van der Waals surface area (Å²) >= 11 is 11.6. The van der Waals surface area contributed by atoms with Crippen molar-refractivity contribution in [2.45, 2.75) is 36.5 Å². The predicted octanol–water partition coefficient (Wildman–Crippen LogP) is 1.63. The van der Waals surface area contributed by atoms with E-state index in [9.17, 15) is 4.79 Å². The number of rotatable bonds is 5. The molecule has 0 radical (unpaired) electrons. The Labute approximate surface area is 120 Å². The molecule has 1 saturated heterocycles. The fourth-order valence-corrected chi connectivity index (χ4v) is 1.94. The van der Waals surface area contributed by atoms with Crippen molar-refractivity contribution in [1.29, 1.82) is 0 Å². The quantitative estimate of drug-likeness (QED) is 0.334. The van der Waals surface area contributed by atoms with Crippen LogP contribution in [0.5, 0.6) is 0 Å². The summed E-state index contributed by atoms with van der Waals surface area (Å²) in [7, 11) is 0. The van der Waals surface area contributed by atoms with Crippen LogP contribution in [0.3, 0.4) is 0 Å². The first kappa shape index (κ1) is 14.8. The van der Waals surface area contributed by atoms with Crippen molar-refractivity contribution in [2.75, 3.05) is 19.8 Å². The van der Waals surface area contributed by atoms with Crippen LogP contribution in [0.1, 0.15) is 20.3 Å². The number of oxime groups is 1. The Balaban J connectivity index is 2.09. The van der Waals surface area contributed by atoms with Crippen molar-refractivity contribution in [3.05, 3.63) is 0 Å². The van der Waals surface area contributed by atoms with Crippen molar-refractivity contribution in [3.63, 3.8) is 0 Å². The minimum atomic E-state index is -1.26. The lowest BCUT2D eigenvalue weighted by Gasteiger charge is -2.22. The van der Waals surface area contributed by atoms with Gasteiger partial charge >= 0.3 is 5.97 Å². The van der Waals surface area contributed by atoms with Crippen LogP contribution in [0.2, 0.25) is 0 Å². The van der Waals surface area contributed by atoms with Crippen LogP contribution in [0.15, 0.2) is 5.16 Å². The lowest BCUT2D eigenvalue weighted by Crippen LogP contribution is -2.42. The summed E-state index contributed by atoms with van der Waals surface area (Å²) in [5, 5.41) is 3.78. The first-order valence-electron chi connectivity index (χ1n) is 5.96. The van der Waals surface area contributed by atoms with Crippen LogP contribution in [0.25, 0.3) is 0 Å². The Bertz CT molecular complexity index is 393. The molecular formula is C11H15Cl2NO5. The smallest absolute Gasteiger partial charge is 0.361 e. The van der Waals surface area contributed by atoms with Crippen molar-refractivity contribution < 1.29 is 23.8 Å². The van der Waals surface area contributed by atoms with E-state index in [-0.39, 0.29) is 12.3 Å². The number of hydrogen-bond donors (Lipinski definition) is 0. The van der Waals surface area contributed by atoms with Crippen molar-refractivity contribution in [3.8, 4) is 0 Å². The highest BCUT2D eigenvalue weighted by atomic mass is 35.5. The van der Waals surface area contributed by atoms with Gasteiger partial charge in [-0.25, -0.2) is 4.79 Å². The zero-order valence-electron chi connectivity index (χ0n) is 10.7. The van der Waals surface area contributed by atoms with Crippen molar-refractivity contribution >= 4 is 34.9 Å². The zero-order valence-corrected chi connectivity index (χ0v) is 12.2. The molecule has 0 bridgehead atoms. The topological polar surface area (TPSA) is 66.4 Å². The minimum Gasteiger partial charge on any atom is -0.461 e. The third-order valence-electron chi connectivity index (χ3n) is 2.78. The van der Waals surface area contributed by atoms with Gasteiger partial charge in [-0.1, -0.05) is 28.4 Å². The molecule has 2 aliphatic rings. The van der Waals surface area contributed by atoms with E-state index < -0.39 is 22.2 Å². The van der Waals surface area contributed by atoms with Crippen LogP contribution in [-0.2, 0) is 23.8 Å². The number of esters is 1. The van der Waals surface area contributed by atoms with E-state index in [2.05, 4.69) is 5.16 Å². The molecule has 0 aromatic carbocycles. The minimum absolute atomic E-state index is 0.0807. The van der Waals surface area contributed by atoms with Gasteiger partial charge in [-0.15, -0.1) is 0 Å². The van der Waals surface area contributed by atoms with Gasteiger partial charge < -0.3 is 19.0 Å². The first-order valence-corrected chi connectivity index (χ1v) is 6.72. The van der Waals surface area contributed by atoms with E-state index in [0.29, 0.717) is 19.6 Å². The largest absolute Gasteiger partial charge is 0.461 e. The Kier molecular flexibility index (Phi) is 4.25. The highest BCUT2D eigenvalue weighted by Gasteiger charge is 2.55. The molecular weight excluding hydrogens is 297 g/mol. The Morgan fingerprint density at radius 3 is 2.47 bits per heavy atom. The van der Waals surface area contributed by atoms with Gasteiger partial charge in [-0.3, -0.25) is 0 Å². The molecule has 1 aliphatic carbocycles. The fourth-order valence-electron chi connectivity index (χ4n) is 1.58. The molecule has 0 spiro atoms. The fraction of sp³-hybridized carbons (Fsp3) is 0.818. The maximum atomic E-state index is 11.9. The molecule has 8 heteroatoms. The Morgan fingerprint density at radius 1 is 1.42 bits per heavy atom. The van der Waals surface area contributed by atoms with Crippen molar-refractivity contribution in [1.82, 2.24) is 0 Å². The summed E-state index contributed by atoms with van der Waals surface area (Å²) in [5.74, 6) is -1.91. The van der Waals surface area contributed by atoms with E-state index >= 15 is 0 Å². The second-order valence-electron chi connectivity index (χ2n) is 4.36. The van der Waals surface area contributed by atoms with E-state index in [0.717, 1.165) is 0 Å². The summed E-state index contributed by atoms with van der Waals surface area (Å²) in [6.45, 7) is 4.23. The number of nitrogens with zero attached hydrogens (tertiary/aromatic N) is 1. The summed E-state index contributed by atoms with van der Waals surface area (Å²) in [6.07, 6.45) is 0.0130. The highest BCUT2D eigenvalue weighted by Crippen LogP contribution is 2.49. The SMILES string of the molecule is CCOC(=O)/C(=N\OC1CC1(Cl)Cl)C1(C)OCCO1. The molecule has 2 fully saturated rings. The van der Waals surface area contributed by atoms with Gasteiger partial charge in [-0.05, 0) is 13.8 Å². The van der Waals surface area contributed by atoms with Gasteiger partial charge in [0.2, 0.25) is 11.5 Å². The van der Waals surface area contributed by atoms with Crippen LogP contribution < -0.4 is 0 Å². The van der Waals surface area contributed by atoms with Crippen molar-refractivity contribution in [2.24, 2.45) is 5.16 Å². The number of hydrogen-bond acceptors (Lipinski definition) is 6. The average molecular weight is 312 g/mol. The van der Waals surface area contributed by atoms with Gasteiger partial charge in [-0.2, -0.15) is 0 Å². The van der Waals surface area contributed by atoms with Gasteiger partial charge in [0.15, 0.2) is 10.4 Å². The lowest BCUT2D eigenvalue weighted by atomic mass is 10.2. The Hall–Kier alpha value is -0.560. The third kappa shape index (κ3) is 3.31. The average Bonchev–Trinajstić information content (AvgIpc) is 2.72. The van der Waals surface area contributed by atoms with Crippen LogP contribution in [0.4, 0.5) is 0 Å². The first-order chi connectivity index (χ1) is 8.89. The molecule has 108 valence electrons. The van der Waals surface area contributed by atoms with E-state index in [1.165, 1.54) is 0 Å². The molecule has 1 unspecified atom stereocenters. The number of ether oxygens (including phenoxy) is 3. The van der Waals surface area contributed by atoms with Gasteiger partial charge in [0.25, 0.3) is 0 Å². The molecule has 2 rings (SSSR count). The number of alkyl halides is 2. The van der Waals surface area contributed by atoms with E-state index in [1.54, 1.807) is 13.8 Å². The molecule has 1 aliphatic heterocycles. The lowest BCUT2D eigenvalue weighted by molar-refractivity contribution is -0.141. The summed E-state index contributed by atoms with van der Waals surface area (Å²) in [6, 6.07) is 0. The summed E-state index contributed by atoms with van der Waals surface area (Å²) < 4.78 is 14.7. The predicted molar refractivity (Wildman–Crippen MR) is 68.3 cm³/mol. The highest BCUT2D eigenvalue weighted by molar-refractivity contribution is 6.51. The maximum Gasteiger partial charge on any atom is 0.361 e. The molecule has 1 saturated carbocycles. The van der Waals surface area contributed by atoms with Crippen LogP contribution in [-0.4, -0.2) is 47.7 Å². The molecule has 19 heavy (non-hydrogen) atoms. The molecule has 6 nitrogen and oxygen atoms in total. The van der Waals surface area contributed by atoms with Gasteiger partial charge in [0, 0.05) is 6.42 Å². The number of carbonyl (C=O) groups excluding carboxylic acids is 1. The molecule has 1 heterocycles. The summed E-state index contributed by atoms with van der Waals surface area (Å²) in [4.78, 5) is 17.0. The zero-order chi connectivity index (χ0) is 14.1. The van der Waals surface area contributed by atoms with Crippen LogP contribution >= 0.6 is 23.2 Å². The monoisotopic (exact) mass is 311 g/mol. The molecule has 1 atom stereocenters. The normalized spacial score (nSPS) is 28.0. The van der Waals surface area contributed by atoms with Gasteiger partial charge in [0.05, 0.1) is 19.8 Å². The van der Waals surface area contributed by atoms with Gasteiger partial charge in [0.1, 0.15) is 0 Å². The number of carbonyl (C=O) groups is 1. The molecule has 0 aromatic rings. The van der Waals surface area contributed by atoms with E-state index in [4.69, 9.17) is 42.3 Å². The van der Waals surface area contributed by atoms with Crippen LogP contribution in [0, 0.1) is 0 Å². The molecule has 0 amide bonds. The molecule has 0 N–H and O–H groups in total. The van der Waals surface area contributed by atoms with E-state index in [1.807, 2.05) is 0 Å². The Morgan fingerprint density at radius 2 is 2.00 bits per heavy atom. The summed E-state index contributed by atoms with van der Waals surface area (Å²) in [5.41, 5.74) is -0.0807. The standard InChI is InChI=1S/C11H15Cl2NO5/c1-3-16-9(15)8(10(2)17-4-5-18-10)14-19-7-6-11(7,12)13/h7H,3-6H2,1-2H3/b14-8+. The molecule has 0 aromatic heterocycles. The third-order valence-corrected chi connectivity index (χ3v) is 3.57. The number of halogens is 2. The second-order valence-corrected chi connectivity index (χ2v) is 5.90. The maximum absolute atomic E-state index is 11.9. The second kappa shape index (κ2) is 5.44.